The summed E-state index contributed by atoms with van der Waals surface area (Å²) in [6, 6.07) is 48.7. The number of furan rings is 1. The second-order valence-corrected chi connectivity index (χ2v) is 14.1. The van der Waals surface area contributed by atoms with Gasteiger partial charge in [0, 0.05) is 27.5 Å². The standard InChI is InChI=1S/C45H35N3O/c1-44(2)36-22-12-10-18-31(36)35-27-29(25-26-37(35)45(44,3)4)30-17-8-9-19-32(30)42-46-41(28-15-6-5-7-16-28)47-43(48-42)34-21-14-24-39-40(34)33-20-11-13-23-38(33)49-39/h5-27H,1-4H3. The van der Waals surface area contributed by atoms with Gasteiger partial charge in [0.2, 0.25) is 0 Å². The first-order valence-corrected chi connectivity index (χ1v) is 16.9. The third-order valence-corrected chi connectivity index (χ3v) is 10.9. The molecule has 1 aliphatic rings. The van der Waals surface area contributed by atoms with Gasteiger partial charge in [-0.2, -0.15) is 0 Å². The van der Waals surface area contributed by atoms with E-state index in [0.29, 0.717) is 17.5 Å². The molecule has 0 fully saturated rings. The van der Waals surface area contributed by atoms with Crippen molar-refractivity contribution in [1.29, 1.82) is 0 Å². The topological polar surface area (TPSA) is 51.8 Å². The van der Waals surface area contributed by atoms with Crippen LogP contribution in [0, 0.1) is 0 Å². The fourth-order valence-corrected chi connectivity index (χ4v) is 7.64. The second-order valence-electron chi connectivity index (χ2n) is 14.1. The van der Waals surface area contributed by atoms with Gasteiger partial charge in [-0.3, -0.25) is 0 Å². The van der Waals surface area contributed by atoms with Crippen LogP contribution in [-0.4, -0.2) is 15.0 Å². The monoisotopic (exact) mass is 633 g/mol. The van der Waals surface area contributed by atoms with E-state index in [9.17, 15) is 0 Å². The van der Waals surface area contributed by atoms with Crippen LogP contribution in [0.4, 0.5) is 0 Å². The van der Waals surface area contributed by atoms with Crippen molar-refractivity contribution in [1.82, 2.24) is 15.0 Å². The van der Waals surface area contributed by atoms with E-state index in [2.05, 4.69) is 107 Å². The Morgan fingerprint density at radius 1 is 0.408 bits per heavy atom. The lowest BCUT2D eigenvalue weighted by atomic mass is 9.55. The van der Waals surface area contributed by atoms with Crippen LogP contribution in [0.25, 0.3) is 78.4 Å². The molecule has 6 aromatic carbocycles. The molecule has 2 heterocycles. The molecule has 0 bridgehead atoms. The van der Waals surface area contributed by atoms with Crippen molar-refractivity contribution >= 4 is 21.9 Å². The molecule has 236 valence electrons. The van der Waals surface area contributed by atoms with Crippen LogP contribution in [0.15, 0.2) is 144 Å². The molecule has 0 saturated heterocycles. The Kier molecular flexibility index (Phi) is 6.47. The predicted molar refractivity (Wildman–Crippen MR) is 200 cm³/mol. The number of benzene rings is 6. The van der Waals surface area contributed by atoms with E-state index in [0.717, 1.165) is 49.8 Å². The zero-order valence-corrected chi connectivity index (χ0v) is 28.0. The van der Waals surface area contributed by atoms with Gasteiger partial charge in [-0.1, -0.05) is 149 Å². The highest BCUT2D eigenvalue weighted by atomic mass is 16.3. The Balaban J connectivity index is 1.27. The van der Waals surface area contributed by atoms with E-state index in [1.165, 1.54) is 22.3 Å². The summed E-state index contributed by atoms with van der Waals surface area (Å²) in [5.41, 5.74) is 11.9. The number of rotatable bonds is 4. The van der Waals surface area contributed by atoms with Gasteiger partial charge in [0.1, 0.15) is 11.2 Å². The molecule has 1 aliphatic carbocycles. The molecule has 0 atom stereocenters. The summed E-state index contributed by atoms with van der Waals surface area (Å²) >= 11 is 0. The Bertz CT molecular complexity index is 2560. The van der Waals surface area contributed by atoms with E-state index in [1.807, 2.05) is 60.7 Å². The highest BCUT2D eigenvalue weighted by Gasteiger charge is 2.45. The van der Waals surface area contributed by atoms with E-state index in [4.69, 9.17) is 19.4 Å². The van der Waals surface area contributed by atoms with Crippen LogP contribution in [-0.2, 0) is 10.8 Å². The minimum Gasteiger partial charge on any atom is -0.456 e. The van der Waals surface area contributed by atoms with E-state index in [1.54, 1.807) is 0 Å². The number of nitrogens with zero attached hydrogens (tertiary/aromatic N) is 3. The Morgan fingerprint density at radius 3 is 1.78 bits per heavy atom. The molecule has 0 radical (unpaired) electrons. The third kappa shape index (κ3) is 4.48. The van der Waals surface area contributed by atoms with E-state index < -0.39 is 0 Å². The fraction of sp³-hybridized carbons (Fsp3) is 0.133. The number of hydrogen-bond acceptors (Lipinski definition) is 4. The minimum absolute atomic E-state index is 0.0195. The molecule has 0 unspecified atom stereocenters. The van der Waals surface area contributed by atoms with Crippen LogP contribution in [0.3, 0.4) is 0 Å². The number of hydrogen-bond donors (Lipinski definition) is 0. The molecule has 0 amide bonds. The first-order chi connectivity index (χ1) is 23.8. The molecular weight excluding hydrogens is 599 g/mol. The van der Waals surface area contributed by atoms with Crippen molar-refractivity contribution in [3.63, 3.8) is 0 Å². The maximum absolute atomic E-state index is 6.25. The van der Waals surface area contributed by atoms with Crippen LogP contribution in [0.1, 0.15) is 38.8 Å². The lowest BCUT2D eigenvalue weighted by Gasteiger charge is -2.48. The minimum atomic E-state index is -0.0549. The van der Waals surface area contributed by atoms with Crippen molar-refractivity contribution in [2.45, 2.75) is 38.5 Å². The molecule has 2 aromatic heterocycles. The quantitative estimate of drug-likeness (QED) is 0.193. The number of fused-ring (bicyclic) bond motifs is 6. The number of aromatic nitrogens is 3. The number of para-hydroxylation sites is 1. The van der Waals surface area contributed by atoms with Crippen molar-refractivity contribution in [2.75, 3.05) is 0 Å². The molecule has 4 heteroatoms. The highest BCUT2D eigenvalue weighted by molar-refractivity contribution is 6.11. The fourth-order valence-electron chi connectivity index (χ4n) is 7.64. The first kappa shape index (κ1) is 29.3. The smallest absolute Gasteiger partial charge is 0.164 e. The molecule has 8 aromatic rings. The van der Waals surface area contributed by atoms with Crippen LogP contribution < -0.4 is 0 Å². The van der Waals surface area contributed by atoms with Gasteiger partial charge in [0.25, 0.3) is 0 Å². The zero-order chi connectivity index (χ0) is 33.3. The third-order valence-electron chi connectivity index (χ3n) is 10.9. The highest BCUT2D eigenvalue weighted by Crippen LogP contribution is 2.54. The lowest BCUT2D eigenvalue weighted by molar-refractivity contribution is 0.299. The lowest BCUT2D eigenvalue weighted by Crippen LogP contribution is -2.43. The predicted octanol–water partition coefficient (Wildman–Crippen LogP) is 11.7. The summed E-state index contributed by atoms with van der Waals surface area (Å²) in [6.07, 6.45) is 0. The summed E-state index contributed by atoms with van der Waals surface area (Å²) in [6.45, 7) is 9.48. The van der Waals surface area contributed by atoms with Crippen molar-refractivity contribution < 1.29 is 4.42 Å². The maximum Gasteiger partial charge on any atom is 0.164 e. The molecule has 0 aliphatic heterocycles. The summed E-state index contributed by atoms with van der Waals surface area (Å²) in [4.78, 5) is 15.4. The Morgan fingerprint density at radius 2 is 0.980 bits per heavy atom. The molecule has 49 heavy (non-hydrogen) atoms. The van der Waals surface area contributed by atoms with Crippen LogP contribution in [0.2, 0.25) is 0 Å². The summed E-state index contributed by atoms with van der Waals surface area (Å²) in [5.74, 6) is 1.87. The summed E-state index contributed by atoms with van der Waals surface area (Å²) in [5, 5.41) is 2.04. The van der Waals surface area contributed by atoms with Crippen molar-refractivity contribution in [2.24, 2.45) is 0 Å². The largest absolute Gasteiger partial charge is 0.456 e. The van der Waals surface area contributed by atoms with Crippen molar-refractivity contribution in [3.8, 4) is 56.4 Å². The normalized spacial score (nSPS) is 14.4. The average molecular weight is 634 g/mol. The van der Waals surface area contributed by atoms with E-state index >= 15 is 0 Å². The van der Waals surface area contributed by atoms with Gasteiger partial charge in [0.05, 0.1) is 0 Å². The average Bonchev–Trinajstić information content (AvgIpc) is 3.53. The molecule has 9 rings (SSSR count). The Labute approximate surface area is 286 Å². The summed E-state index contributed by atoms with van der Waals surface area (Å²) < 4.78 is 6.25. The van der Waals surface area contributed by atoms with Gasteiger partial charge in [0.15, 0.2) is 17.5 Å². The molecular formula is C45H35N3O. The van der Waals surface area contributed by atoms with Crippen LogP contribution in [0.5, 0.6) is 0 Å². The van der Waals surface area contributed by atoms with E-state index in [-0.39, 0.29) is 10.8 Å². The molecule has 0 spiro atoms. The van der Waals surface area contributed by atoms with Gasteiger partial charge in [-0.05, 0) is 62.4 Å². The second kappa shape index (κ2) is 10.8. The molecule has 0 saturated carbocycles. The zero-order valence-electron chi connectivity index (χ0n) is 28.0. The van der Waals surface area contributed by atoms with Gasteiger partial charge in [-0.25, -0.2) is 15.0 Å². The van der Waals surface area contributed by atoms with Gasteiger partial charge >= 0.3 is 0 Å². The SMILES string of the molecule is CC1(C)c2ccccc2-c2cc(-c3ccccc3-c3nc(-c4ccccc4)nc(-c4cccc5oc6ccccc6c45)n3)ccc2C1(C)C. The van der Waals surface area contributed by atoms with Crippen LogP contribution >= 0.6 is 0 Å². The molecule has 4 nitrogen and oxygen atoms in total. The van der Waals surface area contributed by atoms with Crippen molar-refractivity contribution in [3.05, 3.63) is 151 Å². The maximum atomic E-state index is 6.25. The van der Waals surface area contributed by atoms with Gasteiger partial charge in [-0.15, -0.1) is 0 Å². The summed E-state index contributed by atoms with van der Waals surface area (Å²) in [7, 11) is 0. The Hall–Kier alpha value is -5.87. The molecule has 0 N–H and O–H groups in total. The van der Waals surface area contributed by atoms with Gasteiger partial charge < -0.3 is 4.42 Å². The first-order valence-electron chi connectivity index (χ1n) is 16.9.